The van der Waals surface area contributed by atoms with Crippen LogP contribution in [0.25, 0.3) is 6.08 Å². The van der Waals surface area contributed by atoms with Crippen LogP contribution in [-0.4, -0.2) is 35.8 Å². The number of thiophene rings is 1. The number of ether oxygens (including phenoxy) is 2. The summed E-state index contributed by atoms with van der Waals surface area (Å²) in [5.74, 6) is -1.26. The van der Waals surface area contributed by atoms with Crippen LogP contribution in [0.2, 0.25) is 0 Å². The van der Waals surface area contributed by atoms with Gasteiger partial charge in [-0.05, 0) is 66.4 Å². The molecule has 0 radical (unpaired) electrons. The molecule has 9 heteroatoms. The van der Waals surface area contributed by atoms with Crippen molar-refractivity contribution in [1.82, 2.24) is 0 Å². The number of rotatable bonds is 6. The highest BCUT2D eigenvalue weighted by atomic mass is 32.1. The summed E-state index contributed by atoms with van der Waals surface area (Å²) in [6.45, 7) is 1.71. The zero-order chi connectivity index (χ0) is 23.5. The number of anilines is 1. The number of carbonyl (C=O) groups is 3. The lowest BCUT2D eigenvalue weighted by molar-refractivity contribution is -0.114. The first-order chi connectivity index (χ1) is 15.9. The molecule has 1 aliphatic rings. The van der Waals surface area contributed by atoms with E-state index in [-0.39, 0.29) is 17.2 Å². The van der Waals surface area contributed by atoms with E-state index in [9.17, 15) is 14.4 Å². The predicted octanol–water partition coefficient (Wildman–Crippen LogP) is 4.48. The van der Waals surface area contributed by atoms with E-state index in [4.69, 9.17) is 14.6 Å². The molecule has 0 fully saturated rings. The fourth-order valence-electron chi connectivity index (χ4n) is 3.17. The van der Waals surface area contributed by atoms with E-state index in [2.05, 4.69) is 5.10 Å². The van der Waals surface area contributed by atoms with Gasteiger partial charge in [-0.2, -0.15) is 10.1 Å². The molecule has 2 heterocycles. The molecule has 1 aromatic heterocycles. The van der Waals surface area contributed by atoms with Crippen molar-refractivity contribution in [2.75, 3.05) is 12.1 Å². The standard InChI is InChI=1S/C24H18N2O6S/c1-14-18(22(27)26(25-14)17-8-6-16(7-9-17)23(28)29)12-15-5-10-19(20(13-15)31-2)32-24(30)21-4-3-11-33-21/h3-13H,1-2H3,(H,28,29)/b18-12-. The molecular formula is C24H18N2O6S. The lowest BCUT2D eigenvalue weighted by Crippen LogP contribution is -2.21. The predicted molar refractivity (Wildman–Crippen MR) is 124 cm³/mol. The van der Waals surface area contributed by atoms with Crippen LogP contribution < -0.4 is 14.5 Å². The van der Waals surface area contributed by atoms with Crippen LogP contribution in [0.1, 0.15) is 32.5 Å². The van der Waals surface area contributed by atoms with Crippen molar-refractivity contribution in [3.05, 3.63) is 81.6 Å². The summed E-state index contributed by atoms with van der Waals surface area (Å²) in [5.41, 5.74) is 2.12. The third-order valence-electron chi connectivity index (χ3n) is 4.85. The maximum atomic E-state index is 13.0. The van der Waals surface area contributed by atoms with Gasteiger partial charge in [-0.25, -0.2) is 9.59 Å². The Bertz CT molecular complexity index is 1290. The van der Waals surface area contributed by atoms with E-state index in [1.165, 1.54) is 47.7 Å². The molecule has 8 nitrogen and oxygen atoms in total. The van der Waals surface area contributed by atoms with E-state index in [1.54, 1.807) is 48.7 Å². The summed E-state index contributed by atoms with van der Waals surface area (Å²) >= 11 is 1.28. The molecule has 0 spiro atoms. The van der Waals surface area contributed by atoms with Crippen molar-refractivity contribution >= 4 is 46.7 Å². The van der Waals surface area contributed by atoms with Crippen LogP contribution in [-0.2, 0) is 4.79 Å². The normalized spacial score (nSPS) is 14.4. The number of hydrogen-bond donors (Lipinski definition) is 1. The summed E-state index contributed by atoms with van der Waals surface area (Å²) in [7, 11) is 1.46. The van der Waals surface area contributed by atoms with Crippen molar-refractivity contribution < 1.29 is 29.0 Å². The number of amides is 1. The SMILES string of the molecule is COc1cc(/C=C2\C(=O)N(c3ccc(C(=O)O)cc3)N=C2C)ccc1OC(=O)c1cccs1. The number of hydrogen-bond acceptors (Lipinski definition) is 7. The third-order valence-corrected chi connectivity index (χ3v) is 5.69. The van der Waals surface area contributed by atoms with E-state index in [0.29, 0.717) is 33.2 Å². The van der Waals surface area contributed by atoms with E-state index < -0.39 is 11.9 Å². The maximum absolute atomic E-state index is 13.0. The summed E-state index contributed by atoms with van der Waals surface area (Å²) < 4.78 is 10.8. The molecule has 0 bridgehead atoms. The second-order valence-electron chi connectivity index (χ2n) is 6.99. The second-order valence-corrected chi connectivity index (χ2v) is 7.94. The molecule has 0 saturated carbocycles. The summed E-state index contributed by atoms with van der Waals surface area (Å²) in [5, 5.41) is 16.4. The highest BCUT2D eigenvalue weighted by Crippen LogP contribution is 2.31. The van der Waals surface area contributed by atoms with Gasteiger partial charge in [-0.1, -0.05) is 12.1 Å². The molecule has 2 aromatic carbocycles. The van der Waals surface area contributed by atoms with Gasteiger partial charge in [0.2, 0.25) is 0 Å². The molecule has 1 aliphatic heterocycles. The van der Waals surface area contributed by atoms with Gasteiger partial charge in [0.05, 0.1) is 29.6 Å². The topological polar surface area (TPSA) is 106 Å². The Hall–Kier alpha value is -4.24. The molecule has 4 rings (SSSR count). The minimum Gasteiger partial charge on any atom is -0.493 e. The maximum Gasteiger partial charge on any atom is 0.353 e. The van der Waals surface area contributed by atoms with Crippen molar-refractivity contribution in [2.45, 2.75) is 6.92 Å². The molecule has 1 N–H and O–H groups in total. The number of carbonyl (C=O) groups excluding carboxylic acids is 2. The fourth-order valence-corrected chi connectivity index (χ4v) is 3.77. The minimum absolute atomic E-state index is 0.119. The Kier molecular flexibility index (Phi) is 6.05. The molecule has 3 aromatic rings. The number of nitrogens with zero attached hydrogens (tertiary/aromatic N) is 2. The fraction of sp³-hybridized carbons (Fsp3) is 0.0833. The highest BCUT2D eigenvalue weighted by Gasteiger charge is 2.29. The number of esters is 1. The number of aromatic carboxylic acids is 1. The lowest BCUT2D eigenvalue weighted by atomic mass is 10.1. The lowest BCUT2D eigenvalue weighted by Gasteiger charge is -2.12. The minimum atomic E-state index is -1.05. The van der Waals surface area contributed by atoms with Gasteiger partial charge in [0.25, 0.3) is 5.91 Å². The average Bonchev–Trinajstić information content (AvgIpc) is 3.45. The summed E-state index contributed by atoms with van der Waals surface area (Å²) in [6, 6.07) is 14.3. The Morgan fingerprint density at radius 3 is 2.48 bits per heavy atom. The highest BCUT2D eigenvalue weighted by molar-refractivity contribution is 7.12. The van der Waals surface area contributed by atoms with Crippen molar-refractivity contribution in [3.8, 4) is 11.5 Å². The summed E-state index contributed by atoms with van der Waals surface area (Å²) in [6.07, 6.45) is 1.67. The van der Waals surface area contributed by atoms with Crippen LogP contribution in [0.15, 0.2) is 70.7 Å². The van der Waals surface area contributed by atoms with E-state index in [0.717, 1.165) is 0 Å². The van der Waals surface area contributed by atoms with Crippen molar-refractivity contribution in [3.63, 3.8) is 0 Å². The molecule has 33 heavy (non-hydrogen) atoms. The number of carboxylic acids is 1. The van der Waals surface area contributed by atoms with Crippen LogP contribution in [0.4, 0.5) is 5.69 Å². The molecule has 0 unspecified atom stereocenters. The first-order valence-electron chi connectivity index (χ1n) is 9.76. The van der Waals surface area contributed by atoms with Gasteiger partial charge in [0.1, 0.15) is 4.88 Å². The first kappa shape index (κ1) is 22.0. The number of benzene rings is 2. The molecule has 1 amide bonds. The molecule has 166 valence electrons. The smallest absolute Gasteiger partial charge is 0.353 e. The second kappa shape index (κ2) is 9.09. The van der Waals surface area contributed by atoms with Gasteiger partial charge in [-0.3, -0.25) is 4.79 Å². The Morgan fingerprint density at radius 1 is 1.09 bits per heavy atom. The van der Waals surface area contributed by atoms with Crippen LogP contribution in [0, 0.1) is 0 Å². The zero-order valence-corrected chi connectivity index (χ0v) is 18.5. The van der Waals surface area contributed by atoms with Crippen molar-refractivity contribution in [2.24, 2.45) is 5.10 Å². The van der Waals surface area contributed by atoms with Gasteiger partial charge in [-0.15, -0.1) is 11.3 Å². The van der Waals surface area contributed by atoms with Crippen LogP contribution >= 0.6 is 11.3 Å². The number of methoxy groups -OCH3 is 1. The van der Waals surface area contributed by atoms with Crippen LogP contribution in [0.5, 0.6) is 11.5 Å². The number of carboxylic acid groups (broad SMARTS) is 1. The van der Waals surface area contributed by atoms with E-state index >= 15 is 0 Å². The molecule has 0 aliphatic carbocycles. The first-order valence-corrected chi connectivity index (χ1v) is 10.6. The Balaban J connectivity index is 1.57. The molecule has 0 atom stereocenters. The van der Waals surface area contributed by atoms with Crippen molar-refractivity contribution in [1.29, 1.82) is 0 Å². The van der Waals surface area contributed by atoms with Gasteiger partial charge in [0, 0.05) is 0 Å². The monoisotopic (exact) mass is 462 g/mol. The summed E-state index contributed by atoms with van der Waals surface area (Å²) in [4.78, 5) is 36.7. The van der Waals surface area contributed by atoms with E-state index in [1.807, 2.05) is 0 Å². The Labute approximate surface area is 193 Å². The van der Waals surface area contributed by atoms with Crippen LogP contribution in [0.3, 0.4) is 0 Å². The van der Waals surface area contributed by atoms with Gasteiger partial charge < -0.3 is 14.6 Å². The van der Waals surface area contributed by atoms with Gasteiger partial charge >= 0.3 is 11.9 Å². The third kappa shape index (κ3) is 4.53. The zero-order valence-electron chi connectivity index (χ0n) is 17.6. The largest absolute Gasteiger partial charge is 0.493 e. The average molecular weight is 462 g/mol. The molecule has 0 saturated heterocycles. The Morgan fingerprint density at radius 2 is 1.85 bits per heavy atom. The molecular weight excluding hydrogens is 444 g/mol. The number of hydrazone groups is 1. The quantitative estimate of drug-likeness (QED) is 0.329. The van der Waals surface area contributed by atoms with Gasteiger partial charge in [0.15, 0.2) is 11.5 Å².